The van der Waals surface area contributed by atoms with Crippen LogP contribution in [-0.4, -0.2) is 28.8 Å². The highest BCUT2D eigenvalue weighted by atomic mass is 16.2. The van der Waals surface area contributed by atoms with Crippen LogP contribution in [-0.2, 0) is 0 Å². The zero-order valence-electron chi connectivity index (χ0n) is 16.2. The van der Waals surface area contributed by atoms with E-state index in [1.54, 1.807) is 0 Å². The van der Waals surface area contributed by atoms with Crippen molar-refractivity contribution in [3.63, 3.8) is 0 Å². The Hall–Kier alpha value is -2.14. The van der Waals surface area contributed by atoms with Crippen LogP contribution in [0.1, 0.15) is 67.3 Å². The summed E-state index contributed by atoms with van der Waals surface area (Å²) < 4.78 is 1.93. The molecule has 1 aliphatic heterocycles. The average molecular weight is 354 g/mol. The lowest BCUT2D eigenvalue weighted by Gasteiger charge is -2.32. The predicted molar refractivity (Wildman–Crippen MR) is 104 cm³/mol. The molecule has 5 nitrogen and oxygen atoms in total. The summed E-state index contributed by atoms with van der Waals surface area (Å²) in [6.07, 6.45) is 4.17. The minimum Gasteiger partial charge on any atom is -0.343 e. The highest BCUT2D eigenvalue weighted by Gasteiger charge is 2.30. The van der Waals surface area contributed by atoms with Gasteiger partial charge in [0.2, 0.25) is 0 Å². The van der Waals surface area contributed by atoms with Crippen LogP contribution < -0.4 is 10.6 Å². The van der Waals surface area contributed by atoms with E-state index in [-0.39, 0.29) is 17.4 Å². The summed E-state index contributed by atoms with van der Waals surface area (Å²) in [6, 6.07) is 10.3. The van der Waals surface area contributed by atoms with E-state index in [2.05, 4.69) is 55.6 Å². The van der Waals surface area contributed by atoms with E-state index in [1.807, 2.05) is 29.1 Å². The summed E-state index contributed by atoms with van der Waals surface area (Å²) in [5.41, 5.74) is 2.73. The molecule has 2 heterocycles. The second kappa shape index (κ2) is 7.62. The van der Waals surface area contributed by atoms with Crippen molar-refractivity contribution in [2.75, 3.05) is 13.1 Å². The monoisotopic (exact) mass is 354 g/mol. The molecule has 2 N–H and O–H groups in total. The van der Waals surface area contributed by atoms with Crippen LogP contribution in [0.25, 0.3) is 0 Å². The Morgan fingerprint density at radius 3 is 2.73 bits per heavy atom. The molecule has 140 valence electrons. The Labute approximate surface area is 156 Å². The third kappa shape index (κ3) is 4.15. The quantitative estimate of drug-likeness (QED) is 0.881. The lowest BCUT2D eigenvalue weighted by Crippen LogP contribution is -2.37. The number of benzene rings is 1. The summed E-state index contributed by atoms with van der Waals surface area (Å²) in [4.78, 5) is 12.9. The molecule has 1 fully saturated rings. The maximum atomic E-state index is 12.9. The van der Waals surface area contributed by atoms with Gasteiger partial charge in [-0.2, -0.15) is 5.10 Å². The van der Waals surface area contributed by atoms with Gasteiger partial charge >= 0.3 is 0 Å². The highest BCUT2D eigenvalue weighted by molar-refractivity contribution is 5.92. The van der Waals surface area contributed by atoms with Crippen molar-refractivity contribution in [1.29, 1.82) is 0 Å². The third-order valence-electron chi connectivity index (χ3n) is 5.13. The summed E-state index contributed by atoms with van der Waals surface area (Å²) in [5, 5.41) is 11.2. The number of amides is 1. The number of piperidine rings is 1. The first kappa shape index (κ1) is 18.6. The van der Waals surface area contributed by atoms with Crippen molar-refractivity contribution >= 4 is 5.91 Å². The molecule has 2 unspecified atom stereocenters. The molecule has 1 aromatic carbocycles. The molecule has 2 atom stereocenters. The first-order valence-corrected chi connectivity index (χ1v) is 9.48. The maximum Gasteiger partial charge on any atom is 0.272 e. The standard InChI is InChI=1S/C21H30N4O/c1-15-8-5-6-10-17(15)19(21(2,3)4)23-20(26)18-11-13-25(24-18)16-9-7-12-22-14-16/h5-6,8,10-11,13,16,19,22H,7,9,12,14H2,1-4H3,(H,23,26). The van der Waals surface area contributed by atoms with Gasteiger partial charge in [0.05, 0.1) is 12.1 Å². The van der Waals surface area contributed by atoms with Gasteiger partial charge in [-0.15, -0.1) is 0 Å². The molecule has 0 radical (unpaired) electrons. The molecule has 1 aliphatic rings. The van der Waals surface area contributed by atoms with E-state index in [0.717, 1.165) is 31.5 Å². The van der Waals surface area contributed by atoms with Crippen molar-refractivity contribution < 1.29 is 4.79 Å². The molecule has 1 amide bonds. The second-order valence-corrected chi connectivity index (χ2v) is 8.31. The van der Waals surface area contributed by atoms with Crippen LogP contribution in [0, 0.1) is 12.3 Å². The fourth-order valence-corrected chi connectivity index (χ4v) is 3.60. The van der Waals surface area contributed by atoms with Crippen molar-refractivity contribution in [1.82, 2.24) is 20.4 Å². The lowest BCUT2D eigenvalue weighted by molar-refractivity contribution is 0.0895. The number of carbonyl (C=O) groups is 1. The molecule has 0 aliphatic carbocycles. The van der Waals surface area contributed by atoms with Crippen LogP contribution in [0.3, 0.4) is 0 Å². The molecule has 1 aromatic heterocycles. The van der Waals surface area contributed by atoms with Gasteiger partial charge in [0.1, 0.15) is 5.69 Å². The minimum atomic E-state index is -0.115. The van der Waals surface area contributed by atoms with E-state index in [0.29, 0.717) is 11.7 Å². The lowest BCUT2D eigenvalue weighted by atomic mass is 9.81. The number of nitrogens with zero attached hydrogens (tertiary/aromatic N) is 2. The summed E-state index contributed by atoms with van der Waals surface area (Å²) >= 11 is 0. The maximum absolute atomic E-state index is 12.9. The van der Waals surface area contributed by atoms with Crippen LogP contribution in [0.2, 0.25) is 0 Å². The first-order chi connectivity index (χ1) is 12.4. The number of aryl methyl sites for hydroxylation is 1. The Morgan fingerprint density at radius 1 is 1.31 bits per heavy atom. The van der Waals surface area contributed by atoms with Gasteiger partial charge in [-0.1, -0.05) is 45.0 Å². The van der Waals surface area contributed by atoms with Crippen molar-refractivity contribution in [2.24, 2.45) is 5.41 Å². The molecule has 0 spiro atoms. The molecule has 1 saturated heterocycles. The number of nitrogens with one attached hydrogen (secondary N) is 2. The number of hydrogen-bond donors (Lipinski definition) is 2. The Bertz CT molecular complexity index is 753. The smallest absolute Gasteiger partial charge is 0.272 e. The van der Waals surface area contributed by atoms with Gasteiger partial charge in [0.15, 0.2) is 0 Å². The SMILES string of the molecule is Cc1ccccc1C(NC(=O)c1ccn(C2CCCNC2)n1)C(C)(C)C. The number of rotatable bonds is 4. The fraction of sp³-hybridized carbons (Fsp3) is 0.524. The van der Waals surface area contributed by atoms with Crippen molar-refractivity contribution in [2.45, 2.75) is 52.6 Å². The normalized spacial score (nSPS) is 19.2. The largest absolute Gasteiger partial charge is 0.343 e. The number of carbonyl (C=O) groups excluding carboxylic acids is 1. The van der Waals surface area contributed by atoms with E-state index >= 15 is 0 Å². The van der Waals surface area contributed by atoms with E-state index < -0.39 is 0 Å². The molecule has 2 aromatic rings. The van der Waals surface area contributed by atoms with Crippen LogP contribution in [0.15, 0.2) is 36.5 Å². The zero-order valence-corrected chi connectivity index (χ0v) is 16.2. The van der Waals surface area contributed by atoms with Crippen molar-refractivity contribution in [3.8, 4) is 0 Å². The van der Waals surface area contributed by atoms with E-state index in [9.17, 15) is 4.79 Å². The highest BCUT2D eigenvalue weighted by Crippen LogP contribution is 2.34. The zero-order chi connectivity index (χ0) is 18.7. The molecule has 3 rings (SSSR count). The Balaban J connectivity index is 1.78. The van der Waals surface area contributed by atoms with Crippen LogP contribution >= 0.6 is 0 Å². The summed E-state index contributed by atoms with van der Waals surface area (Å²) in [5.74, 6) is -0.115. The molecular formula is C21H30N4O. The van der Waals surface area contributed by atoms with E-state index in [1.165, 1.54) is 5.56 Å². The first-order valence-electron chi connectivity index (χ1n) is 9.48. The van der Waals surface area contributed by atoms with Gasteiger partial charge in [-0.25, -0.2) is 0 Å². The van der Waals surface area contributed by atoms with Gasteiger partial charge < -0.3 is 10.6 Å². The average Bonchev–Trinajstić information content (AvgIpc) is 3.10. The van der Waals surface area contributed by atoms with Crippen LogP contribution in [0.4, 0.5) is 0 Å². The fourth-order valence-electron chi connectivity index (χ4n) is 3.60. The van der Waals surface area contributed by atoms with Gasteiger partial charge in [-0.05, 0) is 48.9 Å². The second-order valence-electron chi connectivity index (χ2n) is 8.31. The minimum absolute atomic E-state index is 0.0716. The van der Waals surface area contributed by atoms with Crippen LogP contribution in [0.5, 0.6) is 0 Å². The molecule has 5 heteroatoms. The Kier molecular flexibility index (Phi) is 5.47. The predicted octanol–water partition coefficient (Wildman–Crippen LogP) is 3.63. The third-order valence-corrected chi connectivity index (χ3v) is 5.13. The summed E-state index contributed by atoms with van der Waals surface area (Å²) in [6.45, 7) is 10.5. The number of hydrogen-bond acceptors (Lipinski definition) is 3. The molecular weight excluding hydrogens is 324 g/mol. The Morgan fingerprint density at radius 2 is 2.08 bits per heavy atom. The number of aromatic nitrogens is 2. The molecule has 26 heavy (non-hydrogen) atoms. The van der Waals surface area contributed by atoms with Gasteiger partial charge in [0.25, 0.3) is 5.91 Å². The van der Waals surface area contributed by atoms with E-state index in [4.69, 9.17) is 0 Å². The van der Waals surface area contributed by atoms with Gasteiger partial charge in [0, 0.05) is 12.7 Å². The summed E-state index contributed by atoms with van der Waals surface area (Å²) in [7, 11) is 0. The topological polar surface area (TPSA) is 59.0 Å². The van der Waals surface area contributed by atoms with Gasteiger partial charge in [-0.3, -0.25) is 9.48 Å². The molecule has 0 saturated carbocycles. The molecule has 0 bridgehead atoms. The van der Waals surface area contributed by atoms with Crippen molar-refractivity contribution in [3.05, 3.63) is 53.3 Å².